The number of ether oxygens (including phenoxy) is 1. The van der Waals surface area contributed by atoms with Crippen molar-refractivity contribution in [1.29, 1.82) is 0 Å². The van der Waals surface area contributed by atoms with E-state index in [1.54, 1.807) is 4.90 Å². The third-order valence-electron chi connectivity index (χ3n) is 3.61. The summed E-state index contributed by atoms with van der Waals surface area (Å²) in [7, 11) is 0. The molecule has 1 aromatic carbocycles. The van der Waals surface area contributed by atoms with E-state index in [9.17, 15) is 4.79 Å². The van der Waals surface area contributed by atoms with E-state index in [1.807, 2.05) is 37.3 Å². The fraction of sp³-hybridized carbons (Fsp3) is 0.533. The molecule has 1 fully saturated rings. The molecule has 5 heteroatoms. The molecule has 0 spiro atoms. The van der Waals surface area contributed by atoms with Gasteiger partial charge in [-0.1, -0.05) is 30.3 Å². The lowest BCUT2D eigenvalue weighted by Gasteiger charge is -2.38. The summed E-state index contributed by atoms with van der Waals surface area (Å²) in [5.74, 6) is -0.0805. The lowest BCUT2D eigenvalue weighted by Crippen LogP contribution is -2.56. The van der Waals surface area contributed by atoms with E-state index in [0.29, 0.717) is 19.6 Å². The van der Waals surface area contributed by atoms with Crippen LogP contribution in [0, 0.1) is 0 Å². The molecular weight excluding hydrogens is 256 g/mol. The minimum absolute atomic E-state index is 0.00729. The summed E-state index contributed by atoms with van der Waals surface area (Å²) in [5, 5.41) is 9.16. The first-order chi connectivity index (χ1) is 9.61. The van der Waals surface area contributed by atoms with Crippen LogP contribution in [-0.4, -0.2) is 53.9 Å². The summed E-state index contributed by atoms with van der Waals surface area (Å²) in [5.41, 5.74) is 7.08. The number of aliphatic hydroxyl groups excluding tert-OH is 1. The second-order valence-corrected chi connectivity index (χ2v) is 5.27. The van der Waals surface area contributed by atoms with Gasteiger partial charge in [0, 0.05) is 6.54 Å². The van der Waals surface area contributed by atoms with Crippen molar-refractivity contribution in [2.45, 2.75) is 31.5 Å². The molecule has 1 aliphatic rings. The molecule has 20 heavy (non-hydrogen) atoms. The molecule has 0 aromatic heterocycles. The number of amides is 1. The van der Waals surface area contributed by atoms with Crippen LogP contribution in [-0.2, 0) is 16.0 Å². The zero-order chi connectivity index (χ0) is 14.5. The second kappa shape index (κ2) is 6.83. The summed E-state index contributed by atoms with van der Waals surface area (Å²) >= 11 is 0. The molecule has 1 heterocycles. The molecule has 5 nitrogen and oxygen atoms in total. The molecule has 0 bridgehead atoms. The van der Waals surface area contributed by atoms with Crippen LogP contribution < -0.4 is 5.73 Å². The zero-order valence-electron chi connectivity index (χ0n) is 11.7. The Bertz CT molecular complexity index is 438. The van der Waals surface area contributed by atoms with E-state index in [0.717, 1.165) is 5.56 Å². The van der Waals surface area contributed by atoms with Gasteiger partial charge in [-0.15, -0.1) is 0 Å². The van der Waals surface area contributed by atoms with Gasteiger partial charge in [-0.2, -0.15) is 0 Å². The molecular formula is C15H22N2O3. The van der Waals surface area contributed by atoms with Crippen molar-refractivity contribution in [3.8, 4) is 0 Å². The molecule has 1 amide bonds. The Morgan fingerprint density at radius 2 is 2.20 bits per heavy atom. The topological polar surface area (TPSA) is 75.8 Å². The fourth-order valence-corrected chi connectivity index (χ4v) is 2.40. The number of aliphatic hydroxyl groups is 1. The first-order valence-corrected chi connectivity index (χ1v) is 6.94. The van der Waals surface area contributed by atoms with E-state index in [1.165, 1.54) is 0 Å². The maximum Gasteiger partial charge on any atom is 0.240 e. The lowest BCUT2D eigenvalue weighted by atomic mass is 10.0. The van der Waals surface area contributed by atoms with E-state index in [4.69, 9.17) is 15.6 Å². The molecule has 3 N–H and O–H groups in total. The second-order valence-electron chi connectivity index (χ2n) is 5.27. The van der Waals surface area contributed by atoms with Crippen LogP contribution in [0.15, 0.2) is 30.3 Å². The molecule has 0 aliphatic carbocycles. The third-order valence-corrected chi connectivity index (χ3v) is 3.61. The summed E-state index contributed by atoms with van der Waals surface area (Å²) in [6.45, 7) is 2.69. The Balaban J connectivity index is 1.98. The Kier molecular flexibility index (Phi) is 5.11. The Morgan fingerprint density at radius 1 is 1.50 bits per heavy atom. The van der Waals surface area contributed by atoms with Crippen LogP contribution in [0.25, 0.3) is 0 Å². The number of morpholine rings is 1. The monoisotopic (exact) mass is 278 g/mol. The van der Waals surface area contributed by atoms with Crippen molar-refractivity contribution in [2.75, 3.05) is 19.8 Å². The lowest BCUT2D eigenvalue weighted by molar-refractivity contribution is -0.147. The molecule has 1 aliphatic heterocycles. The quantitative estimate of drug-likeness (QED) is 0.823. The summed E-state index contributed by atoms with van der Waals surface area (Å²) < 4.78 is 5.43. The van der Waals surface area contributed by atoms with Gasteiger partial charge in [-0.05, 0) is 18.9 Å². The molecule has 3 atom stereocenters. The highest BCUT2D eigenvalue weighted by Crippen LogP contribution is 2.14. The largest absolute Gasteiger partial charge is 0.394 e. The van der Waals surface area contributed by atoms with Crippen molar-refractivity contribution in [1.82, 2.24) is 4.90 Å². The smallest absolute Gasteiger partial charge is 0.240 e. The van der Waals surface area contributed by atoms with Crippen LogP contribution >= 0.6 is 0 Å². The van der Waals surface area contributed by atoms with Gasteiger partial charge in [-0.3, -0.25) is 4.79 Å². The van der Waals surface area contributed by atoms with Crippen LogP contribution in [0.3, 0.4) is 0 Å². The molecule has 2 rings (SSSR count). The van der Waals surface area contributed by atoms with Gasteiger partial charge in [0.1, 0.15) is 0 Å². The number of rotatable bonds is 4. The number of nitrogens with two attached hydrogens (primary N) is 1. The summed E-state index contributed by atoms with van der Waals surface area (Å²) in [6.07, 6.45) is 0.215. The van der Waals surface area contributed by atoms with E-state index >= 15 is 0 Å². The average molecular weight is 278 g/mol. The first kappa shape index (κ1) is 15.0. The maximum absolute atomic E-state index is 12.4. The van der Waals surface area contributed by atoms with Crippen LogP contribution in [0.4, 0.5) is 0 Å². The zero-order valence-corrected chi connectivity index (χ0v) is 11.7. The average Bonchev–Trinajstić information content (AvgIpc) is 2.48. The Labute approximate surface area is 119 Å². The number of benzene rings is 1. The van der Waals surface area contributed by atoms with Gasteiger partial charge < -0.3 is 20.5 Å². The minimum atomic E-state index is -0.558. The van der Waals surface area contributed by atoms with Crippen molar-refractivity contribution < 1.29 is 14.6 Å². The number of carbonyl (C=O) groups is 1. The standard InChI is InChI=1S/C15H22N2O3/c1-11-10-20-13(9-18)8-17(11)15(19)14(16)7-12-5-3-2-4-6-12/h2-6,11,13-14,18H,7-10,16H2,1H3/t11?,13?,14-/m1/s1. The highest BCUT2D eigenvalue weighted by molar-refractivity contribution is 5.82. The van der Waals surface area contributed by atoms with Gasteiger partial charge in [0.25, 0.3) is 0 Å². The molecule has 1 saturated heterocycles. The van der Waals surface area contributed by atoms with Crippen LogP contribution in [0.5, 0.6) is 0 Å². The number of nitrogens with zero attached hydrogens (tertiary/aromatic N) is 1. The van der Waals surface area contributed by atoms with E-state index < -0.39 is 6.04 Å². The molecule has 2 unspecified atom stereocenters. The van der Waals surface area contributed by atoms with Crippen molar-refractivity contribution in [2.24, 2.45) is 5.73 Å². The van der Waals surface area contributed by atoms with E-state index in [2.05, 4.69) is 0 Å². The highest BCUT2D eigenvalue weighted by Gasteiger charge is 2.31. The normalized spacial score (nSPS) is 24.4. The predicted molar refractivity (Wildman–Crippen MR) is 76.1 cm³/mol. The van der Waals surface area contributed by atoms with Crippen molar-refractivity contribution in [3.63, 3.8) is 0 Å². The van der Waals surface area contributed by atoms with Crippen LogP contribution in [0.1, 0.15) is 12.5 Å². The SMILES string of the molecule is CC1COC(CO)CN1C(=O)[C@H](N)Cc1ccccc1. The number of hydrogen-bond acceptors (Lipinski definition) is 4. The van der Waals surface area contributed by atoms with Crippen molar-refractivity contribution >= 4 is 5.91 Å². The Hall–Kier alpha value is -1.43. The minimum Gasteiger partial charge on any atom is -0.394 e. The highest BCUT2D eigenvalue weighted by atomic mass is 16.5. The fourth-order valence-electron chi connectivity index (χ4n) is 2.40. The molecule has 0 radical (unpaired) electrons. The molecule has 1 aromatic rings. The van der Waals surface area contributed by atoms with Crippen LogP contribution in [0.2, 0.25) is 0 Å². The number of hydrogen-bond donors (Lipinski definition) is 2. The third kappa shape index (κ3) is 3.56. The Morgan fingerprint density at radius 3 is 2.85 bits per heavy atom. The molecule has 0 saturated carbocycles. The van der Waals surface area contributed by atoms with Gasteiger partial charge in [0.2, 0.25) is 5.91 Å². The van der Waals surface area contributed by atoms with E-state index in [-0.39, 0.29) is 24.7 Å². The van der Waals surface area contributed by atoms with Gasteiger partial charge in [0.15, 0.2) is 0 Å². The molecule has 110 valence electrons. The van der Waals surface area contributed by atoms with Gasteiger partial charge in [-0.25, -0.2) is 0 Å². The number of carbonyl (C=O) groups excluding carboxylic acids is 1. The predicted octanol–water partition coefficient (Wildman–Crippen LogP) is 0.165. The van der Waals surface area contributed by atoms with Gasteiger partial charge >= 0.3 is 0 Å². The first-order valence-electron chi connectivity index (χ1n) is 6.94. The maximum atomic E-state index is 12.4. The summed E-state index contributed by atoms with van der Waals surface area (Å²) in [4.78, 5) is 14.2. The summed E-state index contributed by atoms with van der Waals surface area (Å²) in [6, 6.07) is 9.17. The van der Waals surface area contributed by atoms with Crippen molar-refractivity contribution in [3.05, 3.63) is 35.9 Å². The van der Waals surface area contributed by atoms with Gasteiger partial charge in [0.05, 0.1) is 31.4 Å².